The van der Waals surface area contributed by atoms with Crippen LogP contribution in [-0.4, -0.2) is 6.54 Å². The zero-order chi connectivity index (χ0) is 12.4. The van der Waals surface area contributed by atoms with Gasteiger partial charge < -0.3 is 10.1 Å². The number of hydrogen-bond donors (Lipinski definition) is 1. The van der Waals surface area contributed by atoms with E-state index >= 15 is 0 Å². The lowest BCUT2D eigenvalue weighted by molar-refractivity contribution is 0.302. The van der Waals surface area contributed by atoms with Crippen LogP contribution in [0.3, 0.4) is 0 Å². The molecule has 0 radical (unpaired) electrons. The zero-order valence-electron chi connectivity index (χ0n) is 10.1. The summed E-state index contributed by atoms with van der Waals surface area (Å²) in [6.07, 6.45) is 1.86. The Morgan fingerprint density at radius 3 is 2.94 bits per heavy atom. The number of nitrogens with one attached hydrogen (secondary N) is 1. The van der Waals surface area contributed by atoms with Gasteiger partial charge in [0.1, 0.15) is 12.4 Å². The predicted molar refractivity (Wildman–Crippen MR) is 74.9 cm³/mol. The summed E-state index contributed by atoms with van der Waals surface area (Å²) in [6, 6.07) is 14.5. The molecule has 0 atom stereocenters. The van der Waals surface area contributed by atoms with Gasteiger partial charge in [-0.05, 0) is 29.3 Å². The van der Waals surface area contributed by atoms with E-state index in [2.05, 4.69) is 36.2 Å². The molecular formula is C16H15NO. The second kappa shape index (κ2) is 4.57. The predicted octanol–water partition coefficient (Wildman–Crippen LogP) is 3.84. The highest BCUT2D eigenvalue weighted by atomic mass is 16.5. The van der Waals surface area contributed by atoms with Crippen LogP contribution in [0.4, 0.5) is 5.69 Å². The van der Waals surface area contributed by atoms with Gasteiger partial charge in [0.05, 0.1) is 0 Å². The van der Waals surface area contributed by atoms with Gasteiger partial charge >= 0.3 is 0 Å². The molecule has 1 heterocycles. The van der Waals surface area contributed by atoms with E-state index in [1.807, 2.05) is 24.3 Å². The molecule has 2 aromatic rings. The quantitative estimate of drug-likeness (QED) is 0.819. The van der Waals surface area contributed by atoms with Crippen LogP contribution in [-0.2, 0) is 6.61 Å². The van der Waals surface area contributed by atoms with Gasteiger partial charge in [0.2, 0.25) is 0 Å². The number of rotatable bonds is 3. The van der Waals surface area contributed by atoms with E-state index < -0.39 is 0 Å². The summed E-state index contributed by atoms with van der Waals surface area (Å²) < 4.78 is 5.73. The molecule has 1 N–H and O–H groups in total. The van der Waals surface area contributed by atoms with Crippen LogP contribution < -0.4 is 10.1 Å². The summed E-state index contributed by atoms with van der Waals surface area (Å²) in [5.41, 5.74) is 4.77. The third kappa shape index (κ3) is 1.86. The monoisotopic (exact) mass is 237 g/mol. The summed E-state index contributed by atoms with van der Waals surface area (Å²) in [4.78, 5) is 0. The molecule has 2 heteroatoms. The van der Waals surface area contributed by atoms with Crippen molar-refractivity contribution >= 4 is 5.69 Å². The SMILES string of the molecule is C=CCNc1ccc2c(c1)-c1ccccc1OC2. The van der Waals surface area contributed by atoms with Crippen molar-refractivity contribution in [2.45, 2.75) is 6.61 Å². The summed E-state index contributed by atoms with van der Waals surface area (Å²) in [5, 5.41) is 3.32. The van der Waals surface area contributed by atoms with E-state index in [1.165, 1.54) is 16.7 Å². The maximum atomic E-state index is 5.73. The Bertz CT molecular complexity index is 589. The Labute approximate surface area is 107 Å². The molecule has 2 aromatic carbocycles. The largest absolute Gasteiger partial charge is 0.488 e. The fraction of sp³-hybridized carbons (Fsp3) is 0.125. The maximum absolute atomic E-state index is 5.73. The van der Waals surface area contributed by atoms with Crippen molar-refractivity contribution in [2.24, 2.45) is 0 Å². The van der Waals surface area contributed by atoms with Crippen molar-refractivity contribution in [3.8, 4) is 16.9 Å². The highest BCUT2D eigenvalue weighted by molar-refractivity contribution is 5.77. The number of anilines is 1. The van der Waals surface area contributed by atoms with Crippen LogP contribution in [0.2, 0.25) is 0 Å². The molecule has 0 saturated carbocycles. The first-order valence-corrected chi connectivity index (χ1v) is 6.08. The molecule has 0 bridgehead atoms. The van der Waals surface area contributed by atoms with E-state index in [1.54, 1.807) is 0 Å². The van der Waals surface area contributed by atoms with Crippen molar-refractivity contribution in [3.63, 3.8) is 0 Å². The molecule has 1 aliphatic heterocycles. The molecule has 18 heavy (non-hydrogen) atoms. The first-order chi connectivity index (χ1) is 8.88. The second-order valence-electron chi connectivity index (χ2n) is 4.33. The second-order valence-corrected chi connectivity index (χ2v) is 4.33. The lowest BCUT2D eigenvalue weighted by Gasteiger charge is -2.21. The molecule has 0 spiro atoms. The van der Waals surface area contributed by atoms with E-state index in [0.29, 0.717) is 6.61 Å². The number of para-hydroxylation sites is 1. The number of hydrogen-bond acceptors (Lipinski definition) is 2. The molecule has 2 nitrogen and oxygen atoms in total. The summed E-state index contributed by atoms with van der Waals surface area (Å²) in [7, 11) is 0. The summed E-state index contributed by atoms with van der Waals surface area (Å²) in [6.45, 7) is 5.14. The topological polar surface area (TPSA) is 21.3 Å². The molecule has 0 saturated heterocycles. The Kier molecular flexibility index (Phi) is 2.77. The van der Waals surface area contributed by atoms with Crippen molar-refractivity contribution in [2.75, 3.05) is 11.9 Å². The molecule has 0 aromatic heterocycles. The molecular weight excluding hydrogens is 222 g/mol. The Balaban J connectivity index is 2.04. The van der Waals surface area contributed by atoms with Crippen LogP contribution in [0.5, 0.6) is 5.75 Å². The number of fused-ring (bicyclic) bond motifs is 3. The van der Waals surface area contributed by atoms with E-state index in [9.17, 15) is 0 Å². The maximum Gasteiger partial charge on any atom is 0.127 e. The van der Waals surface area contributed by atoms with Crippen LogP contribution in [0, 0.1) is 0 Å². The van der Waals surface area contributed by atoms with Crippen LogP contribution in [0.25, 0.3) is 11.1 Å². The highest BCUT2D eigenvalue weighted by Crippen LogP contribution is 2.38. The average Bonchev–Trinajstić information content (AvgIpc) is 2.45. The minimum absolute atomic E-state index is 0.647. The molecule has 0 unspecified atom stereocenters. The van der Waals surface area contributed by atoms with Gasteiger partial charge in [-0.15, -0.1) is 6.58 Å². The van der Waals surface area contributed by atoms with Gasteiger partial charge in [0.25, 0.3) is 0 Å². The summed E-state index contributed by atoms with van der Waals surface area (Å²) in [5.74, 6) is 0.964. The zero-order valence-corrected chi connectivity index (χ0v) is 10.1. The minimum atomic E-state index is 0.647. The van der Waals surface area contributed by atoms with Crippen molar-refractivity contribution in [1.82, 2.24) is 0 Å². The lowest BCUT2D eigenvalue weighted by atomic mass is 9.96. The first kappa shape index (κ1) is 10.9. The Morgan fingerprint density at radius 2 is 2.06 bits per heavy atom. The lowest BCUT2D eigenvalue weighted by Crippen LogP contribution is -2.06. The molecule has 1 aliphatic rings. The van der Waals surface area contributed by atoms with Gasteiger partial charge in [-0.25, -0.2) is 0 Å². The third-order valence-electron chi connectivity index (χ3n) is 3.12. The van der Waals surface area contributed by atoms with Gasteiger partial charge in [-0.2, -0.15) is 0 Å². The van der Waals surface area contributed by atoms with Crippen molar-refractivity contribution in [3.05, 3.63) is 60.7 Å². The molecule has 0 aliphatic carbocycles. The van der Waals surface area contributed by atoms with Crippen molar-refractivity contribution < 1.29 is 4.74 Å². The number of benzene rings is 2. The average molecular weight is 237 g/mol. The molecule has 0 fully saturated rings. The van der Waals surface area contributed by atoms with Crippen LogP contribution in [0.15, 0.2) is 55.1 Å². The first-order valence-electron chi connectivity index (χ1n) is 6.08. The standard InChI is InChI=1S/C16H15NO/c1-2-9-17-13-8-7-12-11-18-16-6-4-3-5-14(16)15(12)10-13/h2-8,10,17H,1,9,11H2. The van der Waals surface area contributed by atoms with E-state index in [-0.39, 0.29) is 0 Å². The van der Waals surface area contributed by atoms with Crippen molar-refractivity contribution in [1.29, 1.82) is 0 Å². The highest BCUT2D eigenvalue weighted by Gasteiger charge is 2.16. The minimum Gasteiger partial charge on any atom is -0.488 e. The third-order valence-corrected chi connectivity index (χ3v) is 3.12. The van der Waals surface area contributed by atoms with E-state index in [4.69, 9.17) is 4.74 Å². The molecule has 3 rings (SSSR count). The van der Waals surface area contributed by atoms with Gasteiger partial charge in [-0.3, -0.25) is 0 Å². The summed E-state index contributed by atoms with van der Waals surface area (Å²) >= 11 is 0. The van der Waals surface area contributed by atoms with Gasteiger partial charge in [0, 0.05) is 17.8 Å². The normalized spacial score (nSPS) is 12.0. The van der Waals surface area contributed by atoms with Gasteiger partial charge in [-0.1, -0.05) is 30.3 Å². The Morgan fingerprint density at radius 1 is 1.17 bits per heavy atom. The van der Waals surface area contributed by atoms with Crippen LogP contribution >= 0.6 is 0 Å². The molecule has 0 amide bonds. The van der Waals surface area contributed by atoms with E-state index in [0.717, 1.165) is 18.0 Å². The fourth-order valence-electron chi connectivity index (χ4n) is 2.22. The smallest absolute Gasteiger partial charge is 0.127 e. The fourth-order valence-corrected chi connectivity index (χ4v) is 2.22. The van der Waals surface area contributed by atoms with Gasteiger partial charge in [0.15, 0.2) is 0 Å². The number of ether oxygens (including phenoxy) is 1. The van der Waals surface area contributed by atoms with Crippen LogP contribution in [0.1, 0.15) is 5.56 Å². The molecule has 90 valence electrons. The Hall–Kier alpha value is -2.22.